The Hall–Kier alpha value is -2.64. The summed E-state index contributed by atoms with van der Waals surface area (Å²) in [4.78, 5) is 57.5. The molecule has 0 bridgehead atoms. The Balaban J connectivity index is 3.05. The largest absolute Gasteiger partial charge is 0.480 e. The van der Waals surface area contributed by atoms with Crippen LogP contribution in [-0.4, -0.2) is 81.5 Å². The molecule has 36 heavy (non-hydrogen) atoms. The summed E-state index contributed by atoms with van der Waals surface area (Å²) in [5.41, 5.74) is 12.2. The number of imidazole rings is 1. The second-order valence-electron chi connectivity index (χ2n) is 8.79. The lowest BCUT2D eigenvalue weighted by molar-refractivity contribution is -0.144. The summed E-state index contributed by atoms with van der Waals surface area (Å²) >= 11 is 1.56. The minimum Gasteiger partial charge on any atom is -0.480 e. The molecule has 9 N–H and O–H groups in total. The number of carbonyl (C=O) groups is 4. The van der Waals surface area contributed by atoms with Gasteiger partial charge in [-0.3, -0.25) is 14.4 Å². The quantitative estimate of drug-likeness (QED) is 0.125. The number of amides is 3. The molecule has 0 aliphatic heterocycles. The molecule has 0 aliphatic rings. The summed E-state index contributed by atoms with van der Waals surface area (Å²) in [6.07, 6.45) is 7.45. The number of nitrogens with zero attached hydrogens (tertiary/aromatic N) is 1. The van der Waals surface area contributed by atoms with Crippen molar-refractivity contribution in [2.24, 2.45) is 17.4 Å². The molecular formula is C23H41N7O5S. The number of nitrogens with two attached hydrogens (primary N) is 2. The minimum atomic E-state index is -1.15. The van der Waals surface area contributed by atoms with Crippen LogP contribution in [0.1, 0.15) is 51.6 Å². The number of aromatic amines is 1. The Bertz CT molecular complexity index is 824. The van der Waals surface area contributed by atoms with E-state index in [-0.39, 0.29) is 18.8 Å². The van der Waals surface area contributed by atoms with Crippen molar-refractivity contribution in [2.75, 3.05) is 18.6 Å². The van der Waals surface area contributed by atoms with Gasteiger partial charge in [0.05, 0.1) is 12.4 Å². The zero-order chi connectivity index (χ0) is 27.1. The number of hydrogen-bond acceptors (Lipinski definition) is 8. The SMILES string of the molecule is CCC(C)C(NC(=O)C(CCCCN)NC(=O)C(Cc1cnc[nH]1)NC(=O)C(N)CCSC)C(=O)O. The van der Waals surface area contributed by atoms with Crippen LogP contribution in [0.25, 0.3) is 0 Å². The van der Waals surface area contributed by atoms with Crippen LogP contribution in [0.15, 0.2) is 12.5 Å². The molecule has 0 aromatic carbocycles. The molecule has 0 aliphatic carbocycles. The van der Waals surface area contributed by atoms with E-state index in [1.54, 1.807) is 18.7 Å². The van der Waals surface area contributed by atoms with Gasteiger partial charge < -0.3 is 37.5 Å². The Labute approximate surface area is 216 Å². The molecular weight excluding hydrogens is 486 g/mol. The lowest BCUT2D eigenvalue weighted by Crippen LogP contribution is -2.58. The summed E-state index contributed by atoms with van der Waals surface area (Å²) in [6.45, 7) is 3.98. The van der Waals surface area contributed by atoms with Gasteiger partial charge in [-0.2, -0.15) is 11.8 Å². The van der Waals surface area contributed by atoms with Crippen LogP contribution in [-0.2, 0) is 25.6 Å². The number of carboxylic acids is 1. The summed E-state index contributed by atoms with van der Waals surface area (Å²) in [7, 11) is 0. The molecule has 13 heteroatoms. The van der Waals surface area contributed by atoms with E-state index in [0.717, 1.165) is 0 Å². The lowest BCUT2D eigenvalue weighted by atomic mass is 9.98. The van der Waals surface area contributed by atoms with Crippen LogP contribution in [0, 0.1) is 5.92 Å². The van der Waals surface area contributed by atoms with Gasteiger partial charge in [-0.1, -0.05) is 20.3 Å². The predicted molar refractivity (Wildman–Crippen MR) is 139 cm³/mol. The van der Waals surface area contributed by atoms with Gasteiger partial charge in [0.15, 0.2) is 0 Å². The number of thioether (sulfide) groups is 1. The average molecular weight is 528 g/mol. The van der Waals surface area contributed by atoms with Crippen molar-refractivity contribution in [2.45, 2.75) is 76.5 Å². The molecule has 0 radical (unpaired) electrons. The second kappa shape index (κ2) is 16.9. The third-order valence-corrected chi connectivity index (χ3v) is 6.58. The molecule has 0 spiro atoms. The molecule has 0 saturated carbocycles. The fraction of sp³-hybridized carbons (Fsp3) is 0.696. The van der Waals surface area contributed by atoms with Crippen LogP contribution < -0.4 is 27.4 Å². The van der Waals surface area contributed by atoms with Crippen molar-refractivity contribution in [3.05, 3.63) is 18.2 Å². The van der Waals surface area contributed by atoms with Crippen LogP contribution in [0.5, 0.6) is 0 Å². The van der Waals surface area contributed by atoms with Crippen molar-refractivity contribution >= 4 is 35.5 Å². The Morgan fingerprint density at radius 1 is 1.08 bits per heavy atom. The van der Waals surface area contributed by atoms with Gasteiger partial charge in [-0.25, -0.2) is 9.78 Å². The summed E-state index contributed by atoms with van der Waals surface area (Å²) < 4.78 is 0. The fourth-order valence-corrected chi connectivity index (χ4v) is 3.94. The summed E-state index contributed by atoms with van der Waals surface area (Å²) in [5, 5.41) is 17.5. The van der Waals surface area contributed by atoms with E-state index in [9.17, 15) is 24.3 Å². The maximum absolute atomic E-state index is 13.3. The highest BCUT2D eigenvalue weighted by Gasteiger charge is 2.32. The number of nitrogens with one attached hydrogen (secondary N) is 4. The van der Waals surface area contributed by atoms with Gasteiger partial charge in [0.25, 0.3) is 0 Å². The number of aromatic nitrogens is 2. The van der Waals surface area contributed by atoms with Crippen LogP contribution in [0.2, 0.25) is 0 Å². The number of hydrogen-bond donors (Lipinski definition) is 7. The number of carboxylic acid groups (broad SMARTS) is 1. The molecule has 3 amide bonds. The zero-order valence-corrected chi connectivity index (χ0v) is 22.1. The zero-order valence-electron chi connectivity index (χ0n) is 21.3. The first-order valence-electron chi connectivity index (χ1n) is 12.2. The van der Waals surface area contributed by atoms with E-state index in [4.69, 9.17) is 11.5 Å². The third kappa shape index (κ3) is 11.0. The molecule has 1 aromatic heterocycles. The van der Waals surface area contributed by atoms with Gasteiger partial charge in [-0.05, 0) is 50.2 Å². The smallest absolute Gasteiger partial charge is 0.326 e. The minimum absolute atomic E-state index is 0.106. The molecule has 1 heterocycles. The molecule has 0 fully saturated rings. The normalized spacial score (nSPS) is 15.2. The van der Waals surface area contributed by atoms with Crippen molar-refractivity contribution in [1.29, 1.82) is 0 Å². The number of unbranched alkanes of at least 4 members (excludes halogenated alkanes) is 1. The molecule has 1 rings (SSSR count). The number of aliphatic carboxylic acids is 1. The highest BCUT2D eigenvalue weighted by molar-refractivity contribution is 7.98. The molecule has 204 valence electrons. The van der Waals surface area contributed by atoms with Gasteiger partial charge in [0.1, 0.15) is 18.1 Å². The Morgan fingerprint density at radius 2 is 1.75 bits per heavy atom. The van der Waals surface area contributed by atoms with E-state index < -0.39 is 47.9 Å². The number of carbonyl (C=O) groups excluding carboxylic acids is 3. The first-order chi connectivity index (χ1) is 17.1. The molecule has 12 nitrogen and oxygen atoms in total. The fourth-order valence-electron chi connectivity index (χ4n) is 3.45. The van der Waals surface area contributed by atoms with E-state index in [1.165, 1.54) is 12.5 Å². The maximum atomic E-state index is 13.3. The molecule has 0 saturated heterocycles. The Morgan fingerprint density at radius 3 is 2.31 bits per heavy atom. The van der Waals surface area contributed by atoms with Crippen LogP contribution in [0.3, 0.4) is 0 Å². The van der Waals surface area contributed by atoms with Gasteiger partial charge >= 0.3 is 5.97 Å². The van der Waals surface area contributed by atoms with E-state index in [0.29, 0.717) is 43.7 Å². The maximum Gasteiger partial charge on any atom is 0.326 e. The third-order valence-electron chi connectivity index (χ3n) is 5.94. The standard InChI is InChI=1S/C23H41N7O5S/c1-4-14(2)19(23(34)35)30-21(32)17(7-5-6-9-24)28-22(33)18(11-15-12-26-13-27-15)29-20(31)16(25)8-10-36-3/h12-14,16-19H,4-11,24-25H2,1-3H3,(H,26,27)(H,28,33)(H,29,31)(H,30,32)(H,34,35). The van der Waals surface area contributed by atoms with Crippen molar-refractivity contribution in [1.82, 2.24) is 25.9 Å². The number of rotatable bonds is 18. The highest BCUT2D eigenvalue weighted by atomic mass is 32.2. The topological polar surface area (TPSA) is 205 Å². The van der Waals surface area contributed by atoms with Crippen LogP contribution in [0.4, 0.5) is 0 Å². The lowest BCUT2D eigenvalue weighted by Gasteiger charge is -2.26. The van der Waals surface area contributed by atoms with Gasteiger partial charge in [-0.15, -0.1) is 0 Å². The van der Waals surface area contributed by atoms with Crippen LogP contribution >= 0.6 is 11.8 Å². The first-order valence-corrected chi connectivity index (χ1v) is 13.6. The predicted octanol–water partition coefficient (Wildman–Crippen LogP) is -0.253. The van der Waals surface area contributed by atoms with E-state index in [1.807, 2.05) is 13.2 Å². The van der Waals surface area contributed by atoms with Crippen molar-refractivity contribution < 1.29 is 24.3 Å². The molecule has 1 aromatic rings. The van der Waals surface area contributed by atoms with Crippen molar-refractivity contribution in [3.63, 3.8) is 0 Å². The van der Waals surface area contributed by atoms with Gasteiger partial charge in [0.2, 0.25) is 17.7 Å². The average Bonchev–Trinajstić information content (AvgIpc) is 3.37. The van der Waals surface area contributed by atoms with E-state index in [2.05, 4.69) is 25.9 Å². The Kier molecular flexibility index (Phi) is 14.8. The second-order valence-corrected chi connectivity index (χ2v) is 9.77. The van der Waals surface area contributed by atoms with Crippen molar-refractivity contribution in [3.8, 4) is 0 Å². The van der Waals surface area contributed by atoms with E-state index >= 15 is 0 Å². The molecule has 5 atom stereocenters. The first kappa shape index (κ1) is 31.4. The summed E-state index contributed by atoms with van der Waals surface area (Å²) in [6, 6.07) is -3.90. The molecule has 5 unspecified atom stereocenters. The summed E-state index contributed by atoms with van der Waals surface area (Å²) in [5.74, 6) is -2.42. The monoisotopic (exact) mass is 527 g/mol. The number of H-pyrrole nitrogens is 1. The highest BCUT2D eigenvalue weighted by Crippen LogP contribution is 2.10. The van der Waals surface area contributed by atoms with Gasteiger partial charge in [0, 0.05) is 18.3 Å².